The number of benzene rings is 1. The Hall–Kier alpha value is -1.29. The lowest BCUT2D eigenvalue weighted by atomic mass is 10.3. The van der Waals surface area contributed by atoms with E-state index in [4.69, 9.17) is 27.9 Å². The minimum Gasteiger partial charge on any atom is -0.439 e. The van der Waals surface area contributed by atoms with Crippen LogP contribution in [-0.2, 0) is 6.54 Å². The van der Waals surface area contributed by atoms with Crippen LogP contribution in [0.4, 0.5) is 0 Å². The molecular weight excluding hydrogens is 283 g/mol. The maximum absolute atomic E-state index is 6.08. The summed E-state index contributed by atoms with van der Waals surface area (Å²) < 4.78 is 5.65. The smallest absolute Gasteiger partial charge is 0.219 e. The SMILES string of the molecule is CCNCc1nc(Oc2cccc(Cl)c2)ccc1Cl. The molecule has 0 aliphatic carbocycles. The lowest BCUT2D eigenvalue weighted by molar-refractivity contribution is 0.460. The van der Waals surface area contributed by atoms with Crippen LogP contribution >= 0.6 is 23.2 Å². The zero-order chi connectivity index (χ0) is 13.7. The van der Waals surface area contributed by atoms with Crippen molar-refractivity contribution >= 4 is 23.2 Å². The van der Waals surface area contributed by atoms with E-state index in [0.29, 0.717) is 28.2 Å². The maximum Gasteiger partial charge on any atom is 0.219 e. The quantitative estimate of drug-likeness (QED) is 0.894. The molecule has 3 nitrogen and oxygen atoms in total. The summed E-state index contributed by atoms with van der Waals surface area (Å²) in [6.45, 7) is 3.50. The Morgan fingerprint density at radius 1 is 1.21 bits per heavy atom. The van der Waals surface area contributed by atoms with Crippen molar-refractivity contribution in [2.24, 2.45) is 0 Å². The van der Waals surface area contributed by atoms with Crippen molar-refractivity contribution in [3.05, 3.63) is 52.1 Å². The highest BCUT2D eigenvalue weighted by Gasteiger charge is 2.05. The number of rotatable bonds is 5. The lowest BCUT2D eigenvalue weighted by Gasteiger charge is -2.08. The number of nitrogens with one attached hydrogen (secondary N) is 1. The number of halogens is 2. The third-order valence-electron chi connectivity index (χ3n) is 2.45. The van der Waals surface area contributed by atoms with Crippen molar-refractivity contribution in [3.63, 3.8) is 0 Å². The highest BCUT2D eigenvalue weighted by molar-refractivity contribution is 6.31. The molecule has 0 amide bonds. The molecular formula is C14H14Cl2N2O. The molecule has 0 aliphatic heterocycles. The summed E-state index contributed by atoms with van der Waals surface area (Å²) in [6.07, 6.45) is 0. The van der Waals surface area contributed by atoms with Crippen LogP contribution in [0.25, 0.3) is 0 Å². The third kappa shape index (κ3) is 4.10. The zero-order valence-electron chi connectivity index (χ0n) is 10.5. The summed E-state index contributed by atoms with van der Waals surface area (Å²) in [4.78, 5) is 4.38. The Morgan fingerprint density at radius 3 is 2.79 bits per heavy atom. The van der Waals surface area contributed by atoms with Gasteiger partial charge in [-0.1, -0.05) is 36.2 Å². The Labute approximate surface area is 122 Å². The molecule has 0 radical (unpaired) electrons. The van der Waals surface area contributed by atoms with Gasteiger partial charge in [0.15, 0.2) is 0 Å². The highest BCUT2D eigenvalue weighted by Crippen LogP contribution is 2.25. The van der Waals surface area contributed by atoms with Gasteiger partial charge < -0.3 is 10.1 Å². The number of nitrogens with zero attached hydrogens (tertiary/aromatic N) is 1. The average Bonchev–Trinajstić information content (AvgIpc) is 2.39. The van der Waals surface area contributed by atoms with E-state index in [0.717, 1.165) is 12.2 Å². The molecule has 5 heteroatoms. The van der Waals surface area contributed by atoms with Crippen LogP contribution in [0.5, 0.6) is 11.6 Å². The highest BCUT2D eigenvalue weighted by atomic mass is 35.5. The summed E-state index contributed by atoms with van der Waals surface area (Å²) >= 11 is 12.0. The van der Waals surface area contributed by atoms with Crippen molar-refractivity contribution in [2.75, 3.05) is 6.54 Å². The van der Waals surface area contributed by atoms with Gasteiger partial charge in [-0.15, -0.1) is 0 Å². The number of hydrogen-bond donors (Lipinski definition) is 1. The first-order valence-corrected chi connectivity index (χ1v) is 6.74. The van der Waals surface area contributed by atoms with Crippen molar-refractivity contribution in [1.29, 1.82) is 0 Å². The third-order valence-corrected chi connectivity index (χ3v) is 3.03. The van der Waals surface area contributed by atoms with E-state index >= 15 is 0 Å². The monoisotopic (exact) mass is 296 g/mol. The first-order valence-electron chi connectivity index (χ1n) is 5.98. The predicted molar refractivity (Wildman–Crippen MR) is 78.2 cm³/mol. The summed E-state index contributed by atoms with van der Waals surface area (Å²) in [5.74, 6) is 1.15. The maximum atomic E-state index is 6.08. The van der Waals surface area contributed by atoms with Crippen LogP contribution in [0.15, 0.2) is 36.4 Å². The molecule has 1 heterocycles. The number of hydrogen-bond acceptors (Lipinski definition) is 3. The first-order chi connectivity index (χ1) is 9.19. The van der Waals surface area contributed by atoms with Crippen LogP contribution in [-0.4, -0.2) is 11.5 Å². The fourth-order valence-corrected chi connectivity index (χ4v) is 1.89. The van der Waals surface area contributed by atoms with Gasteiger partial charge in [-0.2, -0.15) is 0 Å². The van der Waals surface area contributed by atoms with Crippen molar-refractivity contribution < 1.29 is 4.74 Å². The normalized spacial score (nSPS) is 10.5. The van der Waals surface area contributed by atoms with E-state index in [9.17, 15) is 0 Å². The van der Waals surface area contributed by atoms with E-state index in [1.807, 2.05) is 19.1 Å². The fraction of sp³-hybridized carbons (Fsp3) is 0.214. The van der Waals surface area contributed by atoms with Gasteiger partial charge in [-0.05, 0) is 30.8 Å². The van der Waals surface area contributed by atoms with Crippen molar-refractivity contribution in [2.45, 2.75) is 13.5 Å². The van der Waals surface area contributed by atoms with Gasteiger partial charge in [0.25, 0.3) is 0 Å². The lowest BCUT2D eigenvalue weighted by Crippen LogP contribution is -2.13. The molecule has 0 atom stereocenters. The minimum atomic E-state index is 0.500. The molecule has 0 fully saturated rings. The van der Waals surface area contributed by atoms with Gasteiger partial charge in [-0.3, -0.25) is 0 Å². The van der Waals surface area contributed by atoms with Gasteiger partial charge in [0.05, 0.1) is 10.7 Å². The Kier molecular flexibility index (Phi) is 5.02. The van der Waals surface area contributed by atoms with Gasteiger partial charge in [0.2, 0.25) is 5.88 Å². The van der Waals surface area contributed by atoms with Gasteiger partial charge >= 0.3 is 0 Å². The first kappa shape index (κ1) is 14.1. The number of ether oxygens (including phenoxy) is 1. The Morgan fingerprint density at radius 2 is 2.05 bits per heavy atom. The molecule has 0 saturated heterocycles. The molecule has 1 aromatic heterocycles. The number of pyridine rings is 1. The molecule has 2 aromatic rings. The zero-order valence-corrected chi connectivity index (χ0v) is 12.0. The topological polar surface area (TPSA) is 34.2 Å². The summed E-state index contributed by atoms with van der Waals surface area (Å²) in [7, 11) is 0. The molecule has 1 N–H and O–H groups in total. The van der Waals surface area contributed by atoms with Crippen LogP contribution in [0, 0.1) is 0 Å². The molecule has 0 saturated carbocycles. The van der Waals surface area contributed by atoms with Crippen LogP contribution in [0.3, 0.4) is 0 Å². The molecule has 0 aliphatic rings. The second kappa shape index (κ2) is 6.75. The van der Waals surface area contributed by atoms with Gasteiger partial charge in [0.1, 0.15) is 5.75 Å². The molecule has 19 heavy (non-hydrogen) atoms. The van der Waals surface area contributed by atoms with E-state index in [-0.39, 0.29) is 0 Å². The summed E-state index contributed by atoms with van der Waals surface area (Å²) in [6, 6.07) is 10.7. The molecule has 0 spiro atoms. The van der Waals surface area contributed by atoms with E-state index in [1.165, 1.54) is 0 Å². The fourth-order valence-electron chi connectivity index (χ4n) is 1.54. The van der Waals surface area contributed by atoms with E-state index in [2.05, 4.69) is 10.3 Å². The molecule has 100 valence electrons. The average molecular weight is 297 g/mol. The molecule has 2 rings (SSSR count). The second-order valence-electron chi connectivity index (χ2n) is 3.92. The molecule has 0 unspecified atom stereocenters. The van der Waals surface area contributed by atoms with Crippen LogP contribution < -0.4 is 10.1 Å². The summed E-state index contributed by atoms with van der Waals surface area (Å²) in [5.41, 5.74) is 0.767. The molecule has 1 aromatic carbocycles. The largest absolute Gasteiger partial charge is 0.439 e. The van der Waals surface area contributed by atoms with E-state index in [1.54, 1.807) is 24.3 Å². The van der Waals surface area contributed by atoms with Crippen molar-refractivity contribution in [1.82, 2.24) is 10.3 Å². The Balaban J connectivity index is 2.16. The molecule has 0 bridgehead atoms. The van der Waals surface area contributed by atoms with E-state index < -0.39 is 0 Å². The van der Waals surface area contributed by atoms with Crippen molar-refractivity contribution in [3.8, 4) is 11.6 Å². The predicted octanol–water partition coefficient (Wildman–Crippen LogP) is 4.29. The van der Waals surface area contributed by atoms with Crippen LogP contribution in [0.2, 0.25) is 10.0 Å². The van der Waals surface area contributed by atoms with Gasteiger partial charge in [0, 0.05) is 17.6 Å². The standard InChI is InChI=1S/C14H14Cl2N2O/c1-2-17-9-13-12(16)6-7-14(18-13)19-11-5-3-4-10(15)8-11/h3-8,17H,2,9H2,1H3. The number of aromatic nitrogens is 1. The Bertz CT molecular complexity index is 561. The summed E-state index contributed by atoms with van der Waals surface area (Å²) in [5, 5.41) is 4.43. The minimum absolute atomic E-state index is 0.500. The van der Waals surface area contributed by atoms with Gasteiger partial charge in [-0.25, -0.2) is 4.98 Å². The van der Waals surface area contributed by atoms with Crippen LogP contribution in [0.1, 0.15) is 12.6 Å². The second-order valence-corrected chi connectivity index (χ2v) is 4.76.